The number of pyridine rings is 1. The second-order valence-corrected chi connectivity index (χ2v) is 5.76. The number of carbonyl (C=O) groups is 1. The van der Waals surface area contributed by atoms with E-state index in [1.165, 1.54) is 0 Å². The van der Waals surface area contributed by atoms with Gasteiger partial charge in [-0.25, -0.2) is 0 Å². The minimum atomic E-state index is 0.155. The Morgan fingerprint density at radius 3 is 2.88 bits per heavy atom. The highest BCUT2D eigenvalue weighted by Gasteiger charge is 2.08. The average Bonchev–Trinajstić information content (AvgIpc) is 2.35. The van der Waals surface area contributed by atoms with Crippen LogP contribution in [0, 0.1) is 0 Å². The van der Waals surface area contributed by atoms with Gasteiger partial charge in [-0.2, -0.15) is 11.8 Å². The minimum Gasteiger partial charge on any atom is -0.293 e. The number of ketones is 1. The van der Waals surface area contributed by atoms with E-state index in [-0.39, 0.29) is 5.78 Å². The fourth-order valence-electron chi connectivity index (χ4n) is 1.55. The Hall–Kier alpha value is -1.35. The van der Waals surface area contributed by atoms with Gasteiger partial charge in [0.05, 0.1) is 11.3 Å². The summed E-state index contributed by atoms with van der Waals surface area (Å²) in [5, 5.41) is 1.50. The molecule has 2 nitrogen and oxygen atoms in total. The molecule has 2 rings (SSSR count). The quantitative estimate of drug-likeness (QED) is 0.771. The Bertz CT molecular complexity index is 536. The molecular formula is C14H15NOS. The molecule has 0 saturated heterocycles. The third-order valence-corrected chi connectivity index (χ3v) is 3.56. The van der Waals surface area contributed by atoms with Crippen LogP contribution in [0.4, 0.5) is 0 Å². The number of para-hydroxylation sites is 1. The summed E-state index contributed by atoms with van der Waals surface area (Å²) in [7, 11) is 0. The molecule has 0 aliphatic rings. The number of aromatic nitrogens is 1. The summed E-state index contributed by atoms with van der Waals surface area (Å²) in [5.74, 6) is 0.680. The van der Waals surface area contributed by atoms with Crippen LogP contribution in [-0.4, -0.2) is 21.8 Å². The lowest BCUT2D eigenvalue weighted by molar-refractivity contribution is 0.102. The third-order valence-electron chi connectivity index (χ3n) is 2.46. The molecule has 2 aromatic rings. The molecule has 3 heteroatoms. The van der Waals surface area contributed by atoms with Gasteiger partial charge in [-0.1, -0.05) is 32.0 Å². The maximum Gasteiger partial charge on any atom is 0.174 e. The highest BCUT2D eigenvalue weighted by molar-refractivity contribution is 8.00. The van der Waals surface area contributed by atoms with Gasteiger partial charge in [-0.05, 0) is 17.4 Å². The van der Waals surface area contributed by atoms with Crippen LogP contribution in [0.1, 0.15) is 24.2 Å². The molecule has 0 radical (unpaired) electrons. The standard InChI is InChI=1S/C14H15NOS/c1-10(2)17-9-14(16)12-7-11-5-3-4-6-13(11)15-8-12/h3-8,10H,9H2,1-2H3. The maximum atomic E-state index is 11.9. The molecule has 17 heavy (non-hydrogen) atoms. The molecule has 0 amide bonds. The summed E-state index contributed by atoms with van der Waals surface area (Å²) >= 11 is 1.66. The van der Waals surface area contributed by atoms with Crippen LogP contribution in [0.3, 0.4) is 0 Å². The summed E-state index contributed by atoms with van der Waals surface area (Å²) < 4.78 is 0. The molecule has 1 aromatic carbocycles. The molecule has 1 aromatic heterocycles. The number of nitrogens with zero attached hydrogens (tertiary/aromatic N) is 1. The average molecular weight is 245 g/mol. The Labute approximate surface area is 105 Å². The van der Waals surface area contributed by atoms with Crippen LogP contribution >= 0.6 is 11.8 Å². The molecule has 0 saturated carbocycles. The smallest absolute Gasteiger partial charge is 0.174 e. The van der Waals surface area contributed by atoms with E-state index in [4.69, 9.17) is 0 Å². The predicted molar refractivity (Wildman–Crippen MR) is 73.7 cm³/mol. The summed E-state index contributed by atoms with van der Waals surface area (Å²) in [5.41, 5.74) is 1.64. The van der Waals surface area contributed by atoms with Crippen molar-refractivity contribution in [3.05, 3.63) is 42.1 Å². The van der Waals surface area contributed by atoms with Crippen molar-refractivity contribution in [2.75, 3.05) is 5.75 Å². The van der Waals surface area contributed by atoms with E-state index in [0.29, 0.717) is 16.6 Å². The van der Waals surface area contributed by atoms with E-state index in [2.05, 4.69) is 18.8 Å². The lowest BCUT2D eigenvalue weighted by atomic mass is 10.1. The van der Waals surface area contributed by atoms with Crippen LogP contribution in [0.2, 0.25) is 0 Å². The van der Waals surface area contributed by atoms with Crippen LogP contribution in [0.15, 0.2) is 36.5 Å². The van der Waals surface area contributed by atoms with Crippen molar-refractivity contribution >= 4 is 28.4 Å². The number of fused-ring (bicyclic) bond motifs is 1. The summed E-state index contributed by atoms with van der Waals surface area (Å²) in [4.78, 5) is 16.2. The summed E-state index contributed by atoms with van der Waals surface area (Å²) in [6, 6.07) is 9.76. The van der Waals surface area contributed by atoms with Gasteiger partial charge in [0.2, 0.25) is 0 Å². The van der Waals surface area contributed by atoms with Gasteiger partial charge in [0.1, 0.15) is 0 Å². The van der Waals surface area contributed by atoms with Crippen molar-refractivity contribution in [3.63, 3.8) is 0 Å². The van der Waals surface area contributed by atoms with E-state index in [1.807, 2.05) is 30.3 Å². The van der Waals surface area contributed by atoms with Crippen molar-refractivity contribution in [3.8, 4) is 0 Å². The molecule has 0 bridgehead atoms. The SMILES string of the molecule is CC(C)SCC(=O)c1cnc2ccccc2c1. The Morgan fingerprint density at radius 2 is 2.12 bits per heavy atom. The molecule has 0 fully saturated rings. The van der Waals surface area contributed by atoms with E-state index in [1.54, 1.807) is 18.0 Å². The van der Waals surface area contributed by atoms with Gasteiger partial charge in [0, 0.05) is 17.1 Å². The van der Waals surface area contributed by atoms with Crippen molar-refractivity contribution in [1.82, 2.24) is 4.98 Å². The normalized spacial score (nSPS) is 11.0. The molecule has 0 atom stereocenters. The fraction of sp³-hybridized carbons (Fsp3) is 0.286. The number of thioether (sulfide) groups is 1. The largest absolute Gasteiger partial charge is 0.293 e. The second kappa shape index (κ2) is 5.32. The zero-order chi connectivity index (χ0) is 12.3. The second-order valence-electron chi connectivity index (χ2n) is 4.20. The maximum absolute atomic E-state index is 11.9. The number of hydrogen-bond acceptors (Lipinski definition) is 3. The number of carbonyl (C=O) groups excluding carboxylic acids is 1. The topological polar surface area (TPSA) is 30.0 Å². The van der Waals surface area contributed by atoms with Gasteiger partial charge in [0.15, 0.2) is 5.78 Å². The van der Waals surface area contributed by atoms with E-state index in [9.17, 15) is 4.79 Å². The van der Waals surface area contributed by atoms with Crippen LogP contribution in [-0.2, 0) is 0 Å². The fourth-order valence-corrected chi connectivity index (χ4v) is 2.20. The van der Waals surface area contributed by atoms with Gasteiger partial charge in [-0.15, -0.1) is 0 Å². The number of hydrogen-bond donors (Lipinski definition) is 0. The number of rotatable bonds is 4. The molecule has 1 heterocycles. The van der Waals surface area contributed by atoms with Crippen molar-refractivity contribution < 1.29 is 4.79 Å². The number of Topliss-reactive ketones (excluding diaryl/α,β-unsaturated/α-hetero) is 1. The zero-order valence-electron chi connectivity index (χ0n) is 10.0. The lowest BCUT2D eigenvalue weighted by Crippen LogP contribution is -2.05. The number of benzene rings is 1. The van der Waals surface area contributed by atoms with E-state index < -0.39 is 0 Å². The van der Waals surface area contributed by atoms with Crippen LogP contribution < -0.4 is 0 Å². The molecule has 0 aliphatic heterocycles. The minimum absolute atomic E-state index is 0.155. The third kappa shape index (κ3) is 3.07. The highest BCUT2D eigenvalue weighted by atomic mass is 32.2. The predicted octanol–water partition coefficient (Wildman–Crippen LogP) is 3.56. The monoisotopic (exact) mass is 245 g/mol. The van der Waals surface area contributed by atoms with Gasteiger partial charge < -0.3 is 0 Å². The summed E-state index contributed by atoms with van der Waals surface area (Å²) in [6.07, 6.45) is 1.67. The van der Waals surface area contributed by atoms with Crippen LogP contribution in [0.25, 0.3) is 10.9 Å². The van der Waals surface area contributed by atoms with Gasteiger partial charge in [0.25, 0.3) is 0 Å². The first-order valence-corrected chi connectivity index (χ1v) is 6.71. The zero-order valence-corrected chi connectivity index (χ0v) is 10.8. The van der Waals surface area contributed by atoms with Gasteiger partial charge >= 0.3 is 0 Å². The molecule has 0 unspecified atom stereocenters. The Morgan fingerprint density at radius 1 is 1.35 bits per heavy atom. The Kier molecular flexibility index (Phi) is 3.79. The first-order chi connectivity index (χ1) is 8.16. The summed E-state index contributed by atoms with van der Waals surface area (Å²) in [6.45, 7) is 4.19. The lowest BCUT2D eigenvalue weighted by Gasteiger charge is -2.04. The molecule has 0 N–H and O–H groups in total. The highest BCUT2D eigenvalue weighted by Crippen LogP contribution is 2.16. The van der Waals surface area contributed by atoms with Crippen molar-refractivity contribution in [2.24, 2.45) is 0 Å². The molecular weight excluding hydrogens is 230 g/mol. The Balaban J connectivity index is 2.21. The van der Waals surface area contributed by atoms with Crippen molar-refractivity contribution in [1.29, 1.82) is 0 Å². The first-order valence-electron chi connectivity index (χ1n) is 5.66. The van der Waals surface area contributed by atoms with E-state index >= 15 is 0 Å². The van der Waals surface area contributed by atoms with Gasteiger partial charge in [-0.3, -0.25) is 9.78 Å². The molecule has 0 aliphatic carbocycles. The van der Waals surface area contributed by atoms with Crippen molar-refractivity contribution in [2.45, 2.75) is 19.1 Å². The molecule has 0 spiro atoms. The molecule has 88 valence electrons. The first kappa shape index (κ1) is 12.1. The van der Waals surface area contributed by atoms with E-state index in [0.717, 1.165) is 10.9 Å². The van der Waals surface area contributed by atoms with Crippen LogP contribution in [0.5, 0.6) is 0 Å².